The van der Waals surface area contributed by atoms with Gasteiger partial charge < -0.3 is 0 Å². The Morgan fingerprint density at radius 1 is 1.33 bits per heavy atom. The van der Waals surface area contributed by atoms with Gasteiger partial charge in [-0.25, -0.2) is 0 Å². The first-order chi connectivity index (χ1) is 5.69. The molecule has 1 aromatic carbocycles. The molecule has 12 heavy (non-hydrogen) atoms. The first kappa shape index (κ1) is 8.67. The molecule has 0 atom stereocenters. The molecule has 0 saturated carbocycles. The Morgan fingerprint density at radius 2 is 2.00 bits per heavy atom. The van der Waals surface area contributed by atoms with Gasteiger partial charge in [-0.3, -0.25) is 10.7 Å². The summed E-state index contributed by atoms with van der Waals surface area (Å²) in [6.45, 7) is 3.55. The van der Waals surface area contributed by atoms with E-state index in [9.17, 15) is 4.91 Å². The van der Waals surface area contributed by atoms with E-state index >= 15 is 0 Å². The van der Waals surface area contributed by atoms with Crippen LogP contribution in [0.5, 0.6) is 0 Å². The van der Waals surface area contributed by atoms with Crippen molar-refractivity contribution in [2.24, 2.45) is 5.18 Å². The number of aryl methyl sites for hydroxylation is 2. The summed E-state index contributed by atoms with van der Waals surface area (Å²) >= 11 is 0. The van der Waals surface area contributed by atoms with Crippen LogP contribution in [0.15, 0.2) is 17.3 Å². The van der Waals surface area contributed by atoms with Crippen molar-refractivity contribution in [1.29, 1.82) is 0 Å². The van der Waals surface area contributed by atoms with Crippen molar-refractivity contribution in [1.82, 2.24) is 0 Å². The smallest absolute Gasteiger partial charge is 0.111 e. The number of nitrogens with zero attached hydrogens (tertiary/aromatic N) is 1. The average Bonchev–Trinajstić information content (AvgIpc) is 2.08. The standard InChI is InChI=1S/C8H10N2O2/c1-5-3-8(10-12)6(2)4-7(5)9-11/h3-4,9,11H,1-2H3. The molecule has 4 nitrogen and oxygen atoms in total. The topological polar surface area (TPSA) is 61.7 Å². The maximum Gasteiger partial charge on any atom is 0.111 e. The summed E-state index contributed by atoms with van der Waals surface area (Å²) in [5, 5.41) is 11.5. The van der Waals surface area contributed by atoms with E-state index in [2.05, 4.69) is 5.18 Å². The van der Waals surface area contributed by atoms with E-state index < -0.39 is 0 Å². The third kappa shape index (κ3) is 1.43. The van der Waals surface area contributed by atoms with Gasteiger partial charge in [-0.15, -0.1) is 4.91 Å². The first-order valence-electron chi connectivity index (χ1n) is 3.53. The summed E-state index contributed by atoms with van der Waals surface area (Å²) in [5.74, 6) is 0. The Labute approximate surface area is 70.2 Å². The maximum absolute atomic E-state index is 10.2. The lowest BCUT2D eigenvalue weighted by Gasteiger charge is -2.05. The summed E-state index contributed by atoms with van der Waals surface area (Å²) in [7, 11) is 0. The van der Waals surface area contributed by atoms with Crippen LogP contribution in [0.3, 0.4) is 0 Å². The van der Waals surface area contributed by atoms with Crippen LogP contribution in [0.1, 0.15) is 11.1 Å². The number of rotatable bonds is 2. The van der Waals surface area contributed by atoms with Crippen LogP contribution in [0, 0.1) is 18.8 Å². The molecule has 64 valence electrons. The molecular formula is C8H10N2O2. The monoisotopic (exact) mass is 166 g/mol. The Bertz CT molecular complexity index is 310. The Morgan fingerprint density at radius 3 is 2.50 bits per heavy atom. The second-order valence-electron chi connectivity index (χ2n) is 2.66. The van der Waals surface area contributed by atoms with Crippen LogP contribution in [0.2, 0.25) is 0 Å². The number of nitroso groups, excluding NO2 is 1. The van der Waals surface area contributed by atoms with Crippen molar-refractivity contribution in [3.8, 4) is 0 Å². The maximum atomic E-state index is 10.2. The molecule has 4 heteroatoms. The minimum absolute atomic E-state index is 0.409. The molecule has 1 rings (SSSR count). The van der Waals surface area contributed by atoms with E-state index in [4.69, 9.17) is 5.21 Å². The molecule has 0 aliphatic carbocycles. The summed E-state index contributed by atoms with van der Waals surface area (Å²) in [4.78, 5) is 10.2. The molecule has 0 aliphatic rings. The second-order valence-corrected chi connectivity index (χ2v) is 2.66. The van der Waals surface area contributed by atoms with E-state index in [-0.39, 0.29) is 0 Å². The van der Waals surface area contributed by atoms with E-state index in [0.717, 1.165) is 11.1 Å². The Balaban J connectivity index is 3.25. The zero-order chi connectivity index (χ0) is 9.14. The van der Waals surface area contributed by atoms with Crippen LogP contribution >= 0.6 is 0 Å². The summed E-state index contributed by atoms with van der Waals surface area (Å²) in [5.41, 5.74) is 4.58. The van der Waals surface area contributed by atoms with Crippen LogP contribution < -0.4 is 5.48 Å². The van der Waals surface area contributed by atoms with Crippen molar-refractivity contribution in [2.75, 3.05) is 5.48 Å². The molecule has 0 spiro atoms. The molecule has 2 N–H and O–H groups in total. The van der Waals surface area contributed by atoms with E-state index in [1.54, 1.807) is 26.0 Å². The Hall–Kier alpha value is -1.42. The van der Waals surface area contributed by atoms with E-state index in [1.165, 1.54) is 0 Å². The minimum atomic E-state index is 0.409. The van der Waals surface area contributed by atoms with Crippen molar-refractivity contribution in [2.45, 2.75) is 13.8 Å². The molecular weight excluding hydrogens is 156 g/mol. The Kier molecular flexibility index (Phi) is 2.40. The van der Waals surface area contributed by atoms with Gasteiger partial charge in [-0.05, 0) is 42.3 Å². The molecule has 0 radical (unpaired) electrons. The third-order valence-corrected chi connectivity index (χ3v) is 1.76. The van der Waals surface area contributed by atoms with Gasteiger partial charge in [0.25, 0.3) is 0 Å². The summed E-state index contributed by atoms with van der Waals surface area (Å²) < 4.78 is 0. The quantitative estimate of drug-likeness (QED) is 0.524. The number of nitrogens with one attached hydrogen (secondary N) is 1. The zero-order valence-electron chi connectivity index (χ0n) is 6.96. The molecule has 0 bridgehead atoms. The van der Waals surface area contributed by atoms with Gasteiger partial charge in [0.2, 0.25) is 0 Å². The fourth-order valence-electron chi connectivity index (χ4n) is 1.02. The zero-order valence-corrected chi connectivity index (χ0v) is 6.96. The third-order valence-electron chi connectivity index (χ3n) is 1.76. The van der Waals surface area contributed by atoms with Gasteiger partial charge in [-0.1, -0.05) is 0 Å². The molecule has 1 aromatic rings. The fraction of sp³-hybridized carbons (Fsp3) is 0.250. The van der Waals surface area contributed by atoms with Gasteiger partial charge in [-0.2, -0.15) is 0 Å². The second kappa shape index (κ2) is 3.32. The summed E-state index contributed by atoms with van der Waals surface area (Å²) in [6.07, 6.45) is 0. The predicted octanol–water partition coefficient (Wildman–Crippen LogP) is 2.50. The lowest BCUT2D eigenvalue weighted by molar-refractivity contribution is 0.388. The lowest BCUT2D eigenvalue weighted by Crippen LogP contribution is -1.92. The molecule has 0 fully saturated rings. The van der Waals surface area contributed by atoms with Crippen molar-refractivity contribution in [3.63, 3.8) is 0 Å². The van der Waals surface area contributed by atoms with E-state index in [1.807, 2.05) is 5.48 Å². The molecule has 0 heterocycles. The van der Waals surface area contributed by atoms with Crippen LogP contribution in [-0.4, -0.2) is 5.21 Å². The van der Waals surface area contributed by atoms with Crippen molar-refractivity contribution in [3.05, 3.63) is 28.2 Å². The van der Waals surface area contributed by atoms with Crippen LogP contribution in [0.25, 0.3) is 0 Å². The highest BCUT2D eigenvalue weighted by molar-refractivity contribution is 5.60. The van der Waals surface area contributed by atoms with Crippen molar-refractivity contribution >= 4 is 11.4 Å². The highest BCUT2D eigenvalue weighted by Crippen LogP contribution is 2.25. The average molecular weight is 166 g/mol. The number of anilines is 1. The van der Waals surface area contributed by atoms with Gasteiger partial charge in [0.1, 0.15) is 5.69 Å². The lowest BCUT2D eigenvalue weighted by atomic mass is 10.1. The predicted molar refractivity (Wildman–Crippen MR) is 46.8 cm³/mol. The highest BCUT2D eigenvalue weighted by Gasteiger charge is 2.03. The van der Waals surface area contributed by atoms with Gasteiger partial charge >= 0.3 is 0 Å². The van der Waals surface area contributed by atoms with Gasteiger partial charge in [0, 0.05) is 0 Å². The number of hydrogen-bond donors (Lipinski definition) is 2. The van der Waals surface area contributed by atoms with Crippen LogP contribution in [0.4, 0.5) is 11.4 Å². The first-order valence-corrected chi connectivity index (χ1v) is 3.53. The molecule has 0 aromatic heterocycles. The molecule has 0 aliphatic heterocycles. The van der Waals surface area contributed by atoms with Crippen LogP contribution in [-0.2, 0) is 0 Å². The highest BCUT2D eigenvalue weighted by atomic mass is 16.5. The number of benzene rings is 1. The van der Waals surface area contributed by atoms with Gasteiger partial charge in [0.15, 0.2) is 0 Å². The normalized spacial score (nSPS) is 9.58. The minimum Gasteiger partial charge on any atom is -0.291 e. The molecule has 0 amide bonds. The molecule has 0 saturated heterocycles. The van der Waals surface area contributed by atoms with E-state index in [0.29, 0.717) is 11.4 Å². The molecule has 0 unspecified atom stereocenters. The van der Waals surface area contributed by atoms with Crippen molar-refractivity contribution < 1.29 is 5.21 Å². The number of hydrogen-bond acceptors (Lipinski definition) is 4. The largest absolute Gasteiger partial charge is 0.291 e. The van der Waals surface area contributed by atoms with Gasteiger partial charge in [0.05, 0.1) is 5.69 Å². The fourth-order valence-corrected chi connectivity index (χ4v) is 1.02. The summed E-state index contributed by atoms with van der Waals surface area (Å²) in [6, 6.07) is 3.30. The SMILES string of the molecule is Cc1cc(NO)c(C)cc1N=O.